The summed E-state index contributed by atoms with van der Waals surface area (Å²) in [6.45, 7) is 11.4. The van der Waals surface area contributed by atoms with Gasteiger partial charge in [0.15, 0.2) is 5.01 Å². The SMILES string of the molecule is CC(C)Nc1c(-c2nnc(N3CCN(CC4CCN(c5ccc(N6CCC(=O)NC6=O)cn5)CC4)CC3)s2)cnc2c1[nH]c1cc(C#N)ccc12. The minimum Gasteiger partial charge on any atom is -0.381 e. The zero-order valence-electron chi connectivity index (χ0n) is 28.7. The van der Waals surface area contributed by atoms with Gasteiger partial charge in [0.05, 0.1) is 45.8 Å². The van der Waals surface area contributed by atoms with Crippen molar-refractivity contribution < 1.29 is 9.59 Å². The van der Waals surface area contributed by atoms with Gasteiger partial charge in [-0.1, -0.05) is 11.3 Å². The minimum absolute atomic E-state index is 0.191. The Bertz CT molecular complexity index is 2120. The number of nitriles is 1. The summed E-state index contributed by atoms with van der Waals surface area (Å²) in [5.74, 6) is 1.33. The summed E-state index contributed by atoms with van der Waals surface area (Å²) in [6.07, 6.45) is 6.13. The second kappa shape index (κ2) is 13.8. The van der Waals surface area contributed by atoms with Crippen LogP contribution in [0.15, 0.2) is 42.7 Å². The number of amides is 3. The molecule has 7 heterocycles. The number of nitrogens with one attached hydrogen (secondary N) is 3. The monoisotopic (exact) mass is 704 g/mol. The number of anilines is 4. The van der Waals surface area contributed by atoms with Crippen molar-refractivity contribution in [3.05, 3.63) is 48.3 Å². The number of pyridine rings is 2. The highest BCUT2D eigenvalue weighted by Crippen LogP contribution is 2.39. The van der Waals surface area contributed by atoms with E-state index >= 15 is 0 Å². The van der Waals surface area contributed by atoms with E-state index in [4.69, 9.17) is 4.98 Å². The predicted molar refractivity (Wildman–Crippen MR) is 199 cm³/mol. The van der Waals surface area contributed by atoms with E-state index in [-0.39, 0.29) is 11.9 Å². The molecule has 3 aliphatic heterocycles. The lowest BCUT2D eigenvalue weighted by Crippen LogP contribution is -2.49. The summed E-state index contributed by atoms with van der Waals surface area (Å²) in [5.41, 5.74) is 5.82. The Morgan fingerprint density at radius 3 is 2.53 bits per heavy atom. The molecule has 3 aliphatic rings. The maximum atomic E-state index is 12.2. The first kappa shape index (κ1) is 32.9. The summed E-state index contributed by atoms with van der Waals surface area (Å²) in [6, 6.07) is 11.6. The normalized spacial score (nSPS) is 17.8. The number of fused-ring (bicyclic) bond motifs is 3. The largest absolute Gasteiger partial charge is 0.381 e. The average Bonchev–Trinajstić information content (AvgIpc) is 3.78. The topological polar surface area (TPSA) is 162 Å². The van der Waals surface area contributed by atoms with Crippen molar-refractivity contribution in [2.45, 2.75) is 39.2 Å². The van der Waals surface area contributed by atoms with Crippen LogP contribution in [0.25, 0.3) is 32.5 Å². The molecule has 0 unspecified atom stereocenters. The number of urea groups is 1. The number of aromatic nitrogens is 5. The number of aromatic amines is 1. The quantitative estimate of drug-likeness (QED) is 0.203. The number of H-pyrrole nitrogens is 1. The first-order chi connectivity index (χ1) is 24.8. The van der Waals surface area contributed by atoms with E-state index < -0.39 is 6.03 Å². The molecule has 8 rings (SSSR count). The van der Waals surface area contributed by atoms with Crippen molar-refractivity contribution >= 4 is 67.5 Å². The van der Waals surface area contributed by atoms with Gasteiger partial charge in [-0.15, -0.1) is 10.2 Å². The lowest BCUT2D eigenvalue weighted by Gasteiger charge is -2.39. The van der Waals surface area contributed by atoms with E-state index in [1.807, 2.05) is 36.5 Å². The highest BCUT2D eigenvalue weighted by atomic mass is 32.1. The molecule has 15 heteroatoms. The zero-order valence-corrected chi connectivity index (χ0v) is 29.5. The van der Waals surface area contributed by atoms with E-state index in [2.05, 4.69) is 65.4 Å². The van der Waals surface area contributed by atoms with Gasteiger partial charge in [0.2, 0.25) is 11.0 Å². The third kappa shape index (κ3) is 6.64. The van der Waals surface area contributed by atoms with Crippen LogP contribution in [-0.2, 0) is 4.79 Å². The number of benzene rings is 1. The van der Waals surface area contributed by atoms with E-state index in [1.165, 1.54) is 0 Å². The van der Waals surface area contributed by atoms with Gasteiger partial charge >= 0.3 is 6.03 Å². The number of nitrogens with zero attached hydrogens (tertiary/aromatic N) is 9. The maximum Gasteiger partial charge on any atom is 0.328 e. The van der Waals surface area contributed by atoms with Crippen LogP contribution in [0.2, 0.25) is 0 Å². The molecule has 51 heavy (non-hydrogen) atoms. The van der Waals surface area contributed by atoms with Crippen molar-refractivity contribution in [1.29, 1.82) is 5.26 Å². The minimum atomic E-state index is -0.390. The molecule has 0 atom stereocenters. The Kier molecular flexibility index (Phi) is 8.87. The third-order valence-electron chi connectivity index (χ3n) is 10.0. The Morgan fingerprint density at radius 1 is 0.980 bits per heavy atom. The number of rotatable bonds is 8. The Balaban J connectivity index is 0.867. The van der Waals surface area contributed by atoms with E-state index in [0.29, 0.717) is 30.1 Å². The Hall–Kier alpha value is -5.33. The Morgan fingerprint density at radius 2 is 1.80 bits per heavy atom. The van der Waals surface area contributed by atoms with Crippen molar-refractivity contribution in [3.63, 3.8) is 0 Å². The van der Waals surface area contributed by atoms with Crippen LogP contribution in [0, 0.1) is 17.2 Å². The molecule has 4 aromatic heterocycles. The van der Waals surface area contributed by atoms with Gasteiger partial charge < -0.3 is 20.1 Å². The lowest BCUT2D eigenvalue weighted by atomic mass is 9.96. The first-order valence-corrected chi connectivity index (χ1v) is 18.4. The van der Waals surface area contributed by atoms with Crippen LogP contribution in [0.4, 0.5) is 27.1 Å². The molecule has 1 aromatic carbocycles. The third-order valence-corrected chi connectivity index (χ3v) is 11.0. The van der Waals surface area contributed by atoms with Gasteiger partial charge in [0, 0.05) is 81.9 Å². The molecule has 0 saturated carbocycles. The number of imide groups is 1. The summed E-state index contributed by atoms with van der Waals surface area (Å²) in [4.78, 5) is 45.5. The molecule has 0 radical (unpaired) electrons. The zero-order chi connectivity index (χ0) is 35.1. The van der Waals surface area contributed by atoms with Crippen LogP contribution in [0.3, 0.4) is 0 Å². The molecular formula is C36H40N12O2S. The highest BCUT2D eigenvalue weighted by molar-refractivity contribution is 7.18. The van der Waals surface area contributed by atoms with Gasteiger partial charge in [-0.2, -0.15) is 5.26 Å². The fraction of sp³-hybridized carbons (Fsp3) is 0.417. The molecule has 262 valence electrons. The number of piperidine rings is 1. The molecule has 14 nitrogen and oxygen atoms in total. The van der Waals surface area contributed by atoms with Gasteiger partial charge in [-0.25, -0.2) is 9.78 Å². The summed E-state index contributed by atoms with van der Waals surface area (Å²) in [7, 11) is 0. The molecule has 0 bridgehead atoms. The van der Waals surface area contributed by atoms with Crippen molar-refractivity contribution in [3.8, 4) is 16.6 Å². The summed E-state index contributed by atoms with van der Waals surface area (Å²) < 4.78 is 0. The predicted octanol–water partition coefficient (Wildman–Crippen LogP) is 4.81. The van der Waals surface area contributed by atoms with Crippen molar-refractivity contribution in [2.75, 3.05) is 72.4 Å². The van der Waals surface area contributed by atoms with Crippen LogP contribution in [0.1, 0.15) is 38.7 Å². The van der Waals surface area contributed by atoms with Gasteiger partial charge in [-0.3, -0.25) is 24.9 Å². The van der Waals surface area contributed by atoms with Gasteiger partial charge in [0.1, 0.15) is 5.82 Å². The van der Waals surface area contributed by atoms with Gasteiger partial charge in [0.25, 0.3) is 0 Å². The molecule has 3 amide bonds. The summed E-state index contributed by atoms with van der Waals surface area (Å²) >= 11 is 1.60. The second-order valence-electron chi connectivity index (χ2n) is 13.8. The Labute approximate surface area is 299 Å². The standard InChI is InChI=1S/C36H40N12O2S/c1-22(2)40-32-27(20-39-31-26-5-3-24(18-37)17-28(26)41-33(31)32)34-43-44-36(51-34)47-15-13-45(14-16-47)21-23-7-10-46(11-8-23)29-6-4-25(19-38-29)48-12-9-30(49)42-35(48)50/h3-6,17,19-20,22-23,41H,7-16,21H2,1-2H3,(H,39,40)(H,42,49,50). The molecule has 0 spiro atoms. The number of carbonyl (C=O) groups excluding carboxylic acids is 2. The van der Waals surface area contributed by atoms with Crippen molar-refractivity contribution in [2.24, 2.45) is 5.92 Å². The fourth-order valence-corrected chi connectivity index (χ4v) is 8.23. The lowest BCUT2D eigenvalue weighted by molar-refractivity contribution is -0.120. The van der Waals surface area contributed by atoms with Crippen molar-refractivity contribution in [1.82, 2.24) is 35.4 Å². The van der Waals surface area contributed by atoms with E-state index in [9.17, 15) is 14.9 Å². The second-order valence-corrected chi connectivity index (χ2v) is 14.8. The molecule has 3 saturated heterocycles. The number of piperazine rings is 1. The number of carbonyl (C=O) groups is 2. The molecule has 3 fully saturated rings. The van der Waals surface area contributed by atoms with E-state index in [1.54, 1.807) is 22.4 Å². The number of hydrogen-bond donors (Lipinski definition) is 3. The molecular weight excluding hydrogens is 665 g/mol. The average molecular weight is 705 g/mol. The summed E-state index contributed by atoms with van der Waals surface area (Å²) in [5, 5.41) is 27.4. The highest BCUT2D eigenvalue weighted by Gasteiger charge is 2.28. The first-order valence-electron chi connectivity index (χ1n) is 17.6. The van der Waals surface area contributed by atoms with Crippen LogP contribution >= 0.6 is 11.3 Å². The molecule has 0 aliphatic carbocycles. The number of hydrogen-bond acceptors (Lipinski definition) is 12. The van der Waals surface area contributed by atoms with Crippen LogP contribution in [-0.4, -0.2) is 100 Å². The molecule has 5 aromatic rings. The van der Waals surface area contributed by atoms with Gasteiger partial charge in [-0.05, 0) is 62.9 Å². The molecule has 3 N–H and O–H groups in total. The van der Waals surface area contributed by atoms with Crippen LogP contribution < -0.4 is 25.3 Å². The van der Waals surface area contributed by atoms with Crippen LogP contribution in [0.5, 0.6) is 0 Å². The smallest absolute Gasteiger partial charge is 0.328 e. The van der Waals surface area contributed by atoms with E-state index in [0.717, 1.165) is 108 Å². The maximum absolute atomic E-state index is 12.2. The fourth-order valence-electron chi connectivity index (χ4n) is 7.32.